The third kappa shape index (κ3) is 2.73. The van der Waals surface area contributed by atoms with E-state index in [1.807, 2.05) is 6.92 Å². The minimum atomic E-state index is -0.961. The molecule has 8 nitrogen and oxygen atoms in total. The Bertz CT molecular complexity index is 894. The van der Waals surface area contributed by atoms with Crippen LogP contribution in [0.3, 0.4) is 0 Å². The van der Waals surface area contributed by atoms with Gasteiger partial charge in [-0.05, 0) is 17.7 Å². The predicted molar refractivity (Wildman–Crippen MR) is 84.9 cm³/mol. The van der Waals surface area contributed by atoms with Crippen molar-refractivity contribution in [2.75, 3.05) is 11.5 Å². The average Bonchev–Trinajstić information content (AvgIpc) is 2.54. The van der Waals surface area contributed by atoms with Crippen LogP contribution < -0.4 is 11.5 Å². The van der Waals surface area contributed by atoms with Crippen LogP contribution in [0.15, 0.2) is 30.5 Å². The van der Waals surface area contributed by atoms with Crippen LogP contribution >= 0.6 is 0 Å². The summed E-state index contributed by atoms with van der Waals surface area (Å²) in [7, 11) is 0. The molecule has 0 aliphatic rings. The molecule has 0 spiro atoms. The van der Waals surface area contributed by atoms with Crippen molar-refractivity contribution in [3.8, 4) is 0 Å². The number of carboxylic acids is 1. The maximum absolute atomic E-state index is 10.9. The van der Waals surface area contributed by atoms with Gasteiger partial charge in [0.1, 0.15) is 0 Å². The first-order valence-corrected chi connectivity index (χ1v) is 6.84. The van der Waals surface area contributed by atoms with E-state index in [2.05, 4.69) is 19.9 Å². The fourth-order valence-corrected chi connectivity index (χ4v) is 2.25. The molecule has 3 rings (SSSR count). The number of fused-ring (bicyclic) bond motifs is 1. The second kappa shape index (κ2) is 5.48. The first-order chi connectivity index (χ1) is 11.0. The van der Waals surface area contributed by atoms with Crippen molar-refractivity contribution >= 4 is 28.9 Å². The number of nitrogen functional groups attached to an aromatic ring is 2. The molecule has 5 N–H and O–H groups in total. The van der Waals surface area contributed by atoms with Crippen LogP contribution in [0.25, 0.3) is 11.2 Å². The largest absolute Gasteiger partial charge is 0.478 e. The van der Waals surface area contributed by atoms with Crippen molar-refractivity contribution in [2.45, 2.75) is 12.8 Å². The van der Waals surface area contributed by atoms with Gasteiger partial charge in [0.25, 0.3) is 0 Å². The number of hydrogen-bond acceptors (Lipinski definition) is 7. The van der Waals surface area contributed by atoms with E-state index in [1.54, 1.807) is 30.5 Å². The quantitative estimate of drug-likeness (QED) is 0.659. The zero-order valence-electron chi connectivity index (χ0n) is 12.3. The Morgan fingerprint density at radius 2 is 1.83 bits per heavy atom. The number of nitrogens with two attached hydrogens (primary N) is 2. The fourth-order valence-electron chi connectivity index (χ4n) is 2.25. The van der Waals surface area contributed by atoms with E-state index in [1.165, 1.54) is 0 Å². The first-order valence-electron chi connectivity index (χ1n) is 6.84. The number of hydrogen-bond donors (Lipinski definition) is 3. The number of anilines is 2. The predicted octanol–water partition coefficient (Wildman–Crippen LogP) is 1.43. The Labute approximate surface area is 131 Å². The maximum atomic E-state index is 10.9. The molecule has 1 aromatic carbocycles. The summed E-state index contributed by atoms with van der Waals surface area (Å²) >= 11 is 0. The van der Waals surface area contributed by atoms with Crippen LogP contribution in [-0.4, -0.2) is 31.0 Å². The number of rotatable bonds is 3. The highest BCUT2D eigenvalue weighted by Crippen LogP contribution is 2.24. The number of benzene rings is 1. The summed E-state index contributed by atoms with van der Waals surface area (Å²) in [5.74, 6) is -0.825. The molecule has 0 fully saturated rings. The monoisotopic (exact) mass is 310 g/mol. The van der Waals surface area contributed by atoms with E-state index in [0.29, 0.717) is 16.9 Å². The second-order valence-electron chi connectivity index (χ2n) is 5.08. The summed E-state index contributed by atoms with van der Waals surface area (Å²) < 4.78 is 0. The summed E-state index contributed by atoms with van der Waals surface area (Å²) in [6, 6.07) is 6.62. The van der Waals surface area contributed by atoms with Crippen molar-refractivity contribution < 1.29 is 9.90 Å². The zero-order valence-corrected chi connectivity index (χ0v) is 12.3. The lowest BCUT2D eigenvalue weighted by Gasteiger charge is -2.12. The first kappa shape index (κ1) is 14.6. The number of aromatic carboxylic acids is 1. The lowest BCUT2D eigenvalue weighted by molar-refractivity contribution is 0.0697. The summed E-state index contributed by atoms with van der Waals surface area (Å²) in [6.45, 7) is 1.94. The van der Waals surface area contributed by atoms with Gasteiger partial charge in [-0.1, -0.05) is 19.1 Å². The van der Waals surface area contributed by atoms with Crippen molar-refractivity contribution in [3.05, 3.63) is 47.3 Å². The highest BCUT2D eigenvalue weighted by atomic mass is 16.4. The fraction of sp³-hybridized carbons (Fsp3) is 0.133. The van der Waals surface area contributed by atoms with E-state index >= 15 is 0 Å². The highest BCUT2D eigenvalue weighted by molar-refractivity contribution is 5.87. The van der Waals surface area contributed by atoms with Gasteiger partial charge < -0.3 is 16.6 Å². The Hall–Kier alpha value is -3.29. The molecule has 0 amide bonds. The average molecular weight is 310 g/mol. The molecule has 0 saturated carbocycles. The maximum Gasteiger partial charge on any atom is 0.335 e. The number of carbonyl (C=O) groups is 1. The molecule has 0 saturated heterocycles. The van der Waals surface area contributed by atoms with Crippen molar-refractivity contribution in [2.24, 2.45) is 0 Å². The van der Waals surface area contributed by atoms with Crippen LogP contribution in [-0.2, 0) is 0 Å². The summed E-state index contributed by atoms with van der Waals surface area (Å²) in [5, 5.41) is 8.94. The Balaban J connectivity index is 2.00. The van der Waals surface area contributed by atoms with Gasteiger partial charge in [0.05, 0.1) is 17.5 Å². The second-order valence-corrected chi connectivity index (χ2v) is 5.08. The van der Waals surface area contributed by atoms with Gasteiger partial charge in [-0.2, -0.15) is 9.97 Å². The van der Waals surface area contributed by atoms with Gasteiger partial charge in [-0.3, -0.25) is 0 Å². The number of nitrogens with zero attached hydrogens (tertiary/aromatic N) is 4. The van der Waals surface area contributed by atoms with Crippen LogP contribution in [0.2, 0.25) is 0 Å². The van der Waals surface area contributed by atoms with E-state index in [9.17, 15) is 4.79 Å². The van der Waals surface area contributed by atoms with E-state index in [0.717, 1.165) is 5.56 Å². The molecule has 1 atom stereocenters. The van der Waals surface area contributed by atoms with E-state index in [-0.39, 0.29) is 23.2 Å². The molecule has 8 heteroatoms. The van der Waals surface area contributed by atoms with Crippen LogP contribution in [0, 0.1) is 0 Å². The molecular weight excluding hydrogens is 296 g/mol. The topological polar surface area (TPSA) is 141 Å². The van der Waals surface area contributed by atoms with Crippen LogP contribution in [0.1, 0.15) is 34.5 Å². The standard InChI is InChI=1S/C15H14N6O2/c1-7(8-2-4-9(5-3-8)14(22)23)10-6-18-13-11(19-10)12(16)20-15(17)21-13/h2-7H,1H3,(H,22,23)(H4,16,17,18,20,21). The minimum Gasteiger partial charge on any atom is -0.478 e. The summed E-state index contributed by atoms with van der Waals surface area (Å²) in [4.78, 5) is 27.5. The number of aromatic nitrogens is 4. The minimum absolute atomic E-state index is 0.0503. The molecule has 0 radical (unpaired) electrons. The Morgan fingerprint density at radius 1 is 1.13 bits per heavy atom. The van der Waals surface area contributed by atoms with Crippen LogP contribution in [0.4, 0.5) is 11.8 Å². The third-order valence-electron chi connectivity index (χ3n) is 3.57. The van der Waals surface area contributed by atoms with Crippen molar-refractivity contribution in [1.82, 2.24) is 19.9 Å². The van der Waals surface area contributed by atoms with E-state index in [4.69, 9.17) is 16.6 Å². The zero-order chi connectivity index (χ0) is 16.6. The Morgan fingerprint density at radius 3 is 2.48 bits per heavy atom. The SMILES string of the molecule is CC(c1ccc(C(=O)O)cc1)c1cnc2nc(N)nc(N)c2n1. The summed E-state index contributed by atoms with van der Waals surface area (Å²) in [5.41, 5.74) is 13.9. The molecular formula is C15H14N6O2. The molecule has 0 aliphatic heterocycles. The van der Waals surface area contributed by atoms with Gasteiger partial charge >= 0.3 is 5.97 Å². The molecule has 0 bridgehead atoms. The molecule has 2 heterocycles. The molecule has 0 aliphatic carbocycles. The molecule has 3 aromatic rings. The van der Waals surface area contributed by atoms with Gasteiger partial charge in [-0.15, -0.1) is 0 Å². The van der Waals surface area contributed by atoms with Crippen LogP contribution in [0.5, 0.6) is 0 Å². The summed E-state index contributed by atoms with van der Waals surface area (Å²) in [6.07, 6.45) is 1.60. The molecule has 1 unspecified atom stereocenters. The van der Waals surface area contributed by atoms with Crippen molar-refractivity contribution in [1.29, 1.82) is 0 Å². The van der Waals surface area contributed by atoms with Crippen molar-refractivity contribution in [3.63, 3.8) is 0 Å². The lowest BCUT2D eigenvalue weighted by atomic mass is 9.97. The normalized spacial score (nSPS) is 12.2. The molecule has 23 heavy (non-hydrogen) atoms. The van der Waals surface area contributed by atoms with Gasteiger partial charge in [-0.25, -0.2) is 14.8 Å². The Kier molecular flexibility index (Phi) is 3.49. The third-order valence-corrected chi connectivity index (χ3v) is 3.57. The van der Waals surface area contributed by atoms with E-state index < -0.39 is 5.97 Å². The van der Waals surface area contributed by atoms with Gasteiger partial charge in [0, 0.05) is 5.92 Å². The molecule has 2 aromatic heterocycles. The van der Waals surface area contributed by atoms with Gasteiger partial charge in [0.2, 0.25) is 5.95 Å². The highest BCUT2D eigenvalue weighted by Gasteiger charge is 2.14. The lowest BCUT2D eigenvalue weighted by Crippen LogP contribution is -2.06. The molecule has 116 valence electrons. The number of carboxylic acid groups (broad SMARTS) is 1. The van der Waals surface area contributed by atoms with Gasteiger partial charge in [0.15, 0.2) is 17.0 Å². The smallest absolute Gasteiger partial charge is 0.335 e.